The van der Waals surface area contributed by atoms with Crippen molar-refractivity contribution in [2.75, 3.05) is 13.2 Å². The lowest BCUT2D eigenvalue weighted by Gasteiger charge is -2.14. The van der Waals surface area contributed by atoms with Gasteiger partial charge >= 0.3 is 0 Å². The Labute approximate surface area is 148 Å². The highest BCUT2D eigenvalue weighted by Crippen LogP contribution is 2.26. The smallest absolute Gasteiger partial charge is 0.276 e. The van der Waals surface area contributed by atoms with Gasteiger partial charge in [-0.3, -0.25) is 15.6 Å². The van der Waals surface area contributed by atoms with Crippen LogP contribution in [0.4, 0.5) is 0 Å². The predicted octanol–water partition coefficient (Wildman–Crippen LogP) is 2.88. The second-order valence-electron chi connectivity index (χ2n) is 5.77. The number of rotatable bonds is 6. The zero-order valence-corrected chi connectivity index (χ0v) is 15.5. The Hall–Kier alpha value is -1.53. The van der Waals surface area contributed by atoms with Crippen LogP contribution < -0.4 is 20.9 Å². The summed E-state index contributed by atoms with van der Waals surface area (Å²) in [6, 6.07) is 3.60. The fraction of sp³-hybridized carbons (Fsp3) is 0.500. The molecule has 1 aromatic rings. The van der Waals surface area contributed by atoms with E-state index < -0.39 is 0 Å². The summed E-state index contributed by atoms with van der Waals surface area (Å²) in [5, 5.41) is 4.05. The molecule has 0 radical (unpaired) electrons. The molecule has 1 amide bonds. The first-order valence-electron chi connectivity index (χ1n) is 7.51. The Kier molecular flexibility index (Phi) is 8.12. The van der Waals surface area contributed by atoms with E-state index in [-0.39, 0.29) is 12.5 Å². The molecular formula is C16H24ClN3O2S. The van der Waals surface area contributed by atoms with Gasteiger partial charge in [-0.2, -0.15) is 0 Å². The summed E-state index contributed by atoms with van der Waals surface area (Å²) in [4.78, 5) is 11.8. The number of halogens is 1. The van der Waals surface area contributed by atoms with Crippen molar-refractivity contribution in [2.45, 2.75) is 34.1 Å². The van der Waals surface area contributed by atoms with E-state index in [2.05, 4.69) is 30.0 Å². The molecule has 0 aliphatic carbocycles. The van der Waals surface area contributed by atoms with Crippen LogP contribution >= 0.6 is 23.8 Å². The van der Waals surface area contributed by atoms with E-state index >= 15 is 0 Å². The van der Waals surface area contributed by atoms with Crippen molar-refractivity contribution in [1.29, 1.82) is 0 Å². The quantitative estimate of drug-likeness (QED) is 0.539. The van der Waals surface area contributed by atoms with Gasteiger partial charge in [0.2, 0.25) is 0 Å². The SMILES string of the molecule is Cc1cc(Cl)cc(C)c1OCC(=O)NNC(=S)NCCC(C)C. The van der Waals surface area contributed by atoms with Gasteiger partial charge < -0.3 is 10.1 Å². The normalized spacial score (nSPS) is 10.3. The molecule has 0 fully saturated rings. The third kappa shape index (κ3) is 7.52. The summed E-state index contributed by atoms with van der Waals surface area (Å²) in [7, 11) is 0. The van der Waals surface area contributed by atoms with E-state index in [1.54, 1.807) is 12.1 Å². The summed E-state index contributed by atoms with van der Waals surface area (Å²) in [5.41, 5.74) is 6.93. The number of carbonyl (C=O) groups excluding carboxylic acids is 1. The summed E-state index contributed by atoms with van der Waals surface area (Å²) in [6.07, 6.45) is 1.01. The maximum Gasteiger partial charge on any atom is 0.276 e. The molecule has 128 valence electrons. The number of thiocarbonyl (C=S) groups is 1. The van der Waals surface area contributed by atoms with E-state index in [0.29, 0.717) is 21.8 Å². The Morgan fingerprint density at radius 1 is 1.26 bits per heavy atom. The molecule has 3 N–H and O–H groups in total. The average Bonchev–Trinajstić information content (AvgIpc) is 2.43. The molecular weight excluding hydrogens is 334 g/mol. The lowest BCUT2D eigenvalue weighted by atomic mass is 10.1. The maximum atomic E-state index is 11.8. The van der Waals surface area contributed by atoms with E-state index in [9.17, 15) is 4.79 Å². The lowest BCUT2D eigenvalue weighted by molar-refractivity contribution is -0.123. The molecule has 23 heavy (non-hydrogen) atoms. The Morgan fingerprint density at radius 2 is 1.87 bits per heavy atom. The molecule has 0 unspecified atom stereocenters. The Bertz CT molecular complexity index is 541. The van der Waals surface area contributed by atoms with Gasteiger partial charge in [0.05, 0.1) is 0 Å². The Morgan fingerprint density at radius 3 is 2.43 bits per heavy atom. The number of ether oxygens (including phenoxy) is 1. The first-order valence-corrected chi connectivity index (χ1v) is 8.30. The van der Waals surface area contributed by atoms with Gasteiger partial charge in [-0.25, -0.2) is 0 Å². The van der Waals surface area contributed by atoms with Crippen molar-refractivity contribution in [3.05, 3.63) is 28.3 Å². The number of nitrogens with one attached hydrogen (secondary N) is 3. The van der Waals surface area contributed by atoms with Crippen LogP contribution in [0.3, 0.4) is 0 Å². The van der Waals surface area contributed by atoms with Crippen molar-refractivity contribution in [2.24, 2.45) is 5.92 Å². The molecule has 0 aromatic heterocycles. The topological polar surface area (TPSA) is 62.4 Å². The average molecular weight is 358 g/mol. The van der Waals surface area contributed by atoms with E-state index in [4.69, 9.17) is 28.6 Å². The largest absolute Gasteiger partial charge is 0.483 e. The minimum atomic E-state index is -0.313. The molecule has 0 aliphatic heterocycles. The van der Waals surface area contributed by atoms with Gasteiger partial charge in [-0.05, 0) is 61.7 Å². The fourth-order valence-electron chi connectivity index (χ4n) is 1.94. The van der Waals surface area contributed by atoms with Gasteiger partial charge in [-0.1, -0.05) is 25.4 Å². The van der Waals surface area contributed by atoms with Crippen molar-refractivity contribution < 1.29 is 9.53 Å². The number of benzene rings is 1. The first-order chi connectivity index (χ1) is 10.8. The number of hydrogen-bond acceptors (Lipinski definition) is 3. The molecule has 0 saturated heterocycles. The van der Waals surface area contributed by atoms with Crippen molar-refractivity contribution in [3.8, 4) is 5.75 Å². The highest BCUT2D eigenvalue weighted by atomic mass is 35.5. The maximum absolute atomic E-state index is 11.8. The molecule has 0 atom stereocenters. The fourth-order valence-corrected chi connectivity index (χ4v) is 2.42. The van der Waals surface area contributed by atoms with E-state index in [1.807, 2.05) is 13.8 Å². The summed E-state index contributed by atoms with van der Waals surface area (Å²) in [5.74, 6) is 0.952. The molecule has 0 bridgehead atoms. The highest BCUT2D eigenvalue weighted by molar-refractivity contribution is 7.80. The molecule has 7 heteroatoms. The number of hydrogen-bond donors (Lipinski definition) is 3. The molecule has 1 rings (SSSR count). The van der Waals surface area contributed by atoms with Crippen LogP contribution in [-0.4, -0.2) is 24.2 Å². The molecule has 5 nitrogen and oxygen atoms in total. The summed E-state index contributed by atoms with van der Waals surface area (Å²) in [6.45, 7) is 8.70. The summed E-state index contributed by atoms with van der Waals surface area (Å²) >= 11 is 11.0. The standard InChI is InChI=1S/C16H24ClN3O2S/c1-10(2)5-6-18-16(23)20-19-14(21)9-22-15-11(3)7-13(17)8-12(15)4/h7-8,10H,5-6,9H2,1-4H3,(H,19,21)(H2,18,20,23). The van der Waals surface area contributed by atoms with Gasteiger partial charge in [0, 0.05) is 11.6 Å². The van der Waals surface area contributed by atoms with Crippen LogP contribution in [0.15, 0.2) is 12.1 Å². The second-order valence-corrected chi connectivity index (χ2v) is 6.61. The molecule has 0 heterocycles. The Balaban J connectivity index is 2.34. The predicted molar refractivity (Wildman–Crippen MR) is 97.8 cm³/mol. The summed E-state index contributed by atoms with van der Waals surface area (Å²) < 4.78 is 5.55. The zero-order valence-electron chi connectivity index (χ0n) is 14.0. The van der Waals surface area contributed by atoms with Crippen LogP contribution in [0.2, 0.25) is 5.02 Å². The van der Waals surface area contributed by atoms with Crippen molar-refractivity contribution >= 4 is 34.8 Å². The van der Waals surface area contributed by atoms with Crippen LogP contribution in [0.25, 0.3) is 0 Å². The van der Waals surface area contributed by atoms with Crippen molar-refractivity contribution in [3.63, 3.8) is 0 Å². The number of carbonyl (C=O) groups is 1. The lowest BCUT2D eigenvalue weighted by Crippen LogP contribution is -2.48. The first kappa shape index (κ1) is 19.5. The van der Waals surface area contributed by atoms with Gasteiger partial charge in [0.1, 0.15) is 5.75 Å². The van der Waals surface area contributed by atoms with Crippen molar-refractivity contribution in [1.82, 2.24) is 16.2 Å². The third-order valence-electron chi connectivity index (χ3n) is 3.10. The van der Waals surface area contributed by atoms with Crippen LogP contribution in [0, 0.1) is 19.8 Å². The van der Waals surface area contributed by atoms with Gasteiger partial charge in [0.15, 0.2) is 11.7 Å². The molecule has 1 aromatic carbocycles. The third-order valence-corrected chi connectivity index (χ3v) is 3.56. The highest BCUT2D eigenvalue weighted by Gasteiger charge is 2.09. The van der Waals surface area contributed by atoms with Gasteiger partial charge in [-0.15, -0.1) is 0 Å². The number of aryl methyl sites for hydroxylation is 2. The van der Waals surface area contributed by atoms with E-state index in [1.165, 1.54) is 0 Å². The molecule has 0 aliphatic rings. The monoisotopic (exact) mass is 357 g/mol. The molecule has 0 spiro atoms. The van der Waals surface area contributed by atoms with Crippen LogP contribution in [0.5, 0.6) is 5.75 Å². The molecule has 0 saturated carbocycles. The minimum Gasteiger partial charge on any atom is -0.483 e. The second kappa shape index (κ2) is 9.57. The number of amides is 1. The van der Waals surface area contributed by atoms with E-state index in [0.717, 1.165) is 24.1 Å². The van der Waals surface area contributed by atoms with Gasteiger partial charge in [0.25, 0.3) is 5.91 Å². The minimum absolute atomic E-state index is 0.106. The van der Waals surface area contributed by atoms with Crippen LogP contribution in [0.1, 0.15) is 31.4 Å². The number of hydrazine groups is 1. The zero-order chi connectivity index (χ0) is 17.4. The van der Waals surface area contributed by atoms with Crippen LogP contribution in [-0.2, 0) is 4.79 Å².